The van der Waals surface area contributed by atoms with Gasteiger partial charge >= 0.3 is 0 Å². The molecule has 0 heterocycles. The highest BCUT2D eigenvalue weighted by Gasteiger charge is 2.09. The van der Waals surface area contributed by atoms with E-state index >= 15 is 0 Å². The van der Waals surface area contributed by atoms with Gasteiger partial charge in [-0.1, -0.05) is 42.5 Å². The summed E-state index contributed by atoms with van der Waals surface area (Å²) in [5.41, 5.74) is 1.61. The molecule has 0 unspecified atom stereocenters. The van der Waals surface area contributed by atoms with Crippen molar-refractivity contribution in [1.29, 1.82) is 0 Å². The summed E-state index contributed by atoms with van der Waals surface area (Å²) >= 11 is 5.11. The Bertz CT molecular complexity index is 353. The SMILES string of the molecule is CNC(=S)/C(=C(/C)O)c1ccccc1. The van der Waals surface area contributed by atoms with Gasteiger partial charge in [-0.05, 0) is 12.5 Å². The Morgan fingerprint density at radius 3 is 2.29 bits per heavy atom. The summed E-state index contributed by atoms with van der Waals surface area (Å²) in [6.07, 6.45) is 0. The minimum atomic E-state index is 0.232. The van der Waals surface area contributed by atoms with Crippen molar-refractivity contribution in [3.8, 4) is 0 Å². The molecule has 0 atom stereocenters. The molecule has 0 bridgehead atoms. The Labute approximate surface area is 89.3 Å². The summed E-state index contributed by atoms with van der Waals surface area (Å²) in [5.74, 6) is 0.232. The third-order valence-electron chi connectivity index (χ3n) is 1.88. The monoisotopic (exact) mass is 207 g/mol. The molecule has 2 N–H and O–H groups in total. The summed E-state index contributed by atoms with van der Waals surface area (Å²) in [7, 11) is 1.74. The maximum absolute atomic E-state index is 9.52. The van der Waals surface area contributed by atoms with Crippen LogP contribution in [-0.2, 0) is 0 Å². The Morgan fingerprint density at radius 1 is 1.29 bits per heavy atom. The number of aliphatic hydroxyl groups is 1. The number of aliphatic hydroxyl groups excluding tert-OH is 1. The second-order valence-corrected chi connectivity index (χ2v) is 3.31. The fourth-order valence-corrected chi connectivity index (χ4v) is 1.50. The molecule has 0 spiro atoms. The number of benzene rings is 1. The van der Waals surface area contributed by atoms with E-state index in [0.717, 1.165) is 5.56 Å². The lowest BCUT2D eigenvalue weighted by Gasteiger charge is -2.09. The van der Waals surface area contributed by atoms with E-state index in [-0.39, 0.29) is 5.76 Å². The van der Waals surface area contributed by atoms with Crippen LogP contribution in [0.15, 0.2) is 36.1 Å². The number of hydrogen-bond donors (Lipinski definition) is 2. The molecule has 0 radical (unpaired) electrons. The van der Waals surface area contributed by atoms with Crippen LogP contribution >= 0.6 is 12.2 Å². The number of hydrogen-bond acceptors (Lipinski definition) is 2. The molecule has 0 aliphatic heterocycles. The third kappa shape index (κ3) is 2.33. The van der Waals surface area contributed by atoms with Gasteiger partial charge in [0.05, 0.1) is 11.3 Å². The summed E-state index contributed by atoms with van der Waals surface area (Å²) in [5, 5.41) is 12.4. The maximum Gasteiger partial charge on any atom is 0.110 e. The lowest BCUT2D eigenvalue weighted by molar-refractivity contribution is 0.418. The van der Waals surface area contributed by atoms with Crippen LogP contribution < -0.4 is 5.32 Å². The molecule has 1 rings (SSSR count). The highest BCUT2D eigenvalue weighted by molar-refractivity contribution is 7.81. The fourth-order valence-electron chi connectivity index (χ4n) is 1.23. The van der Waals surface area contributed by atoms with Crippen LogP contribution in [0.4, 0.5) is 0 Å². The summed E-state index contributed by atoms with van der Waals surface area (Å²) in [6, 6.07) is 9.58. The van der Waals surface area contributed by atoms with E-state index in [1.807, 2.05) is 30.3 Å². The largest absolute Gasteiger partial charge is 0.512 e. The van der Waals surface area contributed by atoms with Crippen LogP contribution in [0.2, 0.25) is 0 Å². The van der Waals surface area contributed by atoms with Gasteiger partial charge in [-0.3, -0.25) is 0 Å². The van der Waals surface area contributed by atoms with Gasteiger partial charge in [-0.25, -0.2) is 0 Å². The first-order valence-corrected chi connectivity index (χ1v) is 4.75. The summed E-state index contributed by atoms with van der Waals surface area (Å²) < 4.78 is 0. The quantitative estimate of drug-likeness (QED) is 0.444. The van der Waals surface area contributed by atoms with Crippen molar-refractivity contribution < 1.29 is 5.11 Å². The lowest BCUT2D eigenvalue weighted by Crippen LogP contribution is -2.18. The molecule has 0 saturated heterocycles. The molecule has 0 amide bonds. The van der Waals surface area contributed by atoms with Gasteiger partial charge in [-0.15, -0.1) is 0 Å². The van der Waals surface area contributed by atoms with E-state index in [1.165, 1.54) is 0 Å². The standard InChI is InChI=1S/C11H13NOS/c1-8(13)10(11(14)12-2)9-6-4-3-5-7-9/h3-7,13H,1-2H3,(H,12,14)/b10-8-. The van der Waals surface area contributed by atoms with Crippen LogP contribution in [0.3, 0.4) is 0 Å². The first-order valence-electron chi connectivity index (χ1n) is 4.34. The molecule has 0 aliphatic carbocycles. The first-order chi connectivity index (χ1) is 6.66. The van der Waals surface area contributed by atoms with Crippen LogP contribution in [0.5, 0.6) is 0 Å². The predicted octanol–water partition coefficient (Wildman–Crippen LogP) is 2.52. The topological polar surface area (TPSA) is 32.3 Å². The normalized spacial score (nSPS) is 11.9. The van der Waals surface area contributed by atoms with Gasteiger partial charge in [0.15, 0.2) is 0 Å². The van der Waals surface area contributed by atoms with Crippen molar-refractivity contribution in [2.24, 2.45) is 0 Å². The summed E-state index contributed by atoms with van der Waals surface area (Å²) in [4.78, 5) is 0.552. The lowest BCUT2D eigenvalue weighted by atomic mass is 10.1. The average Bonchev–Trinajstić information content (AvgIpc) is 2.19. The van der Waals surface area contributed by atoms with Gasteiger partial charge in [0.2, 0.25) is 0 Å². The van der Waals surface area contributed by atoms with E-state index in [9.17, 15) is 5.11 Å². The van der Waals surface area contributed by atoms with Crippen LogP contribution in [0.1, 0.15) is 12.5 Å². The molecule has 1 aromatic rings. The van der Waals surface area contributed by atoms with E-state index in [2.05, 4.69) is 5.32 Å². The molecule has 0 aromatic heterocycles. The summed E-state index contributed by atoms with van der Waals surface area (Å²) in [6.45, 7) is 1.63. The van der Waals surface area contributed by atoms with Crippen molar-refractivity contribution in [3.05, 3.63) is 41.7 Å². The molecule has 0 saturated carbocycles. The molecule has 0 aliphatic rings. The molecule has 2 nitrogen and oxygen atoms in total. The zero-order valence-corrected chi connectivity index (χ0v) is 9.06. The molecular weight excluding hydrogens is 194 g/mol. The van der Waals surface area contributed by atoms with Gasteiger partial charge in [-0.2, -0.15) is 0 Å². The average molecular weight is 207 g/mol. The van der Waals surface area contributed by atoms with Crippen molar-refractivity contribution in [3.63, 3.8) is 0 Å². The molecule has 74 valence electrons. The zero-order chi connectivity index (χ0) is 10.6. The number of likely N-dealkylation sites (N-methyl/N-ethyl adjacent to an activating group) is 1. The van der Waals surface area contributed by atoms with Crippen molar-refractivity contribution in [2.45, 2.75) is 6.92 Å². The smallest absolute Gasteiger partial charge is 0.110 e. The number of nitrogens with one attached hydrogen (secondary N) is 1. The minimum absolute atomic E-state index is 0.232. The van der Waals surface area contributed by atoms with E-state index in [1.54, 1.807) is 14.0 Å². The zero-order valence-electron chi connectivity index (χ0n) is 8.24. The third-order valence-corrected chi connectivity index (χ3v) is 2.29. The van der Waals surface area contributed by atoms with E-state index in [0.29, 0.717) is 10.6 Å². The van der Waals surface area contributed by atoms with E-state index < -0.39 is 0 Å². The number of allylic oxidation sites excluding steroid dienone is 1. The highest BCUT2D eigenvalue weighted by atomic mass is 32.1. The Hall–Kier alpha value is -1.35. The molecule has 1 aromatic carbocycles. The Kier molecular flexibility index (Phi) is 3.65. The van der Waals surface area contributed by atoms with Crippen molar-refractivity contribution >= 4 is 22.8 Å². The first kappa shape index (κ1) is 10.7. The fraction of sp³-hybridized carbons (Fsp3) is 0.182. The maximum atomic E-state index is 9.52. The van der Waals surface area contributed by atoms with Gasteiger partial charge < -0.3 is 10.4 Å². The van der Waals surface area contributed by atoms with Gasteiger partial charge in [0.25, 0.3) is 0 Å². The Balaban J connectivity index is 3.16. The van der Waals surface area contributed by atoms with Gasteiger partial charge in [0, 0.05) is 7.05 Å². The molecule has 14 heavy (non-hydrogen) atoms. The Morgan fingerprint density at radius 2 is 1.86 bits per heavy atom. The number of thiocarbonyl (C=S) groups is 1. The van der Waals surface area contributed by atoms with Crippen LogP contribution in [0, 0.1) is 0 Å². The van der Waals surface area contributed by atoms with E-state index in [4.69, 9.17) is 12.2 Å². The highest BCUT2D eigenvalue weighted by Crippen LogP contribution is 2.17. The van der Waals surface area contributed by atoms with Crippen molar-refractivity contribution in [1.82, 2.24) is 5.32 Å². The van der Waals surface area contributed by atoms with Crippen molar-refractivity contribution in [2.75, 3.05) is 7.05 Å². The second kappa shape index (κ2) is 4.77. The predicted molar refractivity (Wildman–Crippen MR) is 63.3 cm³/mol. The molecule has 0 fully saturated rings. The minimum Gasteiger partial charge on any atom is -0.512 e. The second-order valence-electron chi connectivity index (χ2n) is 2.91. The number of rotatable bonds is 2. The molecular formula is C11H13NOS. The van der Waals surface area contributed by atoms with Crippen LogP contribution in [0.25, 0.3) is 5.57 Å². The molecule has 3 heteroatoms. The van der Waals surface area contributed by atoms with Crippen LogP contribution in [-0.4, -0.2) is 17.1 Å². The van der Waals surface area contributed by atoms with Gasteiger partial charge in [0.1, 0.15) is 4.99 Å².